The number of fused-ring (bicyclic) bond motifs is 1. The Labute approximate surface area is 143 Å². The molecule has 1 aliphatic carbocycles. The van der Waals surface area contributed by atoms with Gasteiger partial charge in [-0.15, -0.1) is 11.3 Å². The number of rotatable bonds is 2. The first-order chi connectivity index (χ1) is 11.6. The quantitative estimate of drug-likeness (QED) is 0.912. The smallest absolute Gasteiger partial charge is 0.261 e. The molecule has 124 valence electrons. The number of nitrogens with one attached hydrogen (secondary N) is 1. The molecule has 1 aliphatic heterocycles. The summed E-state index contributed by atoms with van der Waals surface area (Å²) in [6, 6.07) is 5.55. The second-order valence-corrected chi connectivity index (χ2v) is 7.33. The van der Waals surface area contributed by atoms with Crippen molar-refractivity contribution in [2.75, 3.05) is 6.54 Å². The van der Waals surface area contributed by atoms with E-state index in [2.05, 4.69) is 4.98 Å². The zero-order chi connectivity index (χ0) is 16.7. The van der Waals surface area contributed by atoms with Crippen molar-refractivity contribution in [1.29, 1.82) is 0 Å². The summed E-state index contributed by atoms with van der Waals surface area (Å²) in [7, 11) is 0. The Morgan fingerprint density at radius 1 is 1.25 bits per heavy atom. The summed E-state index contributed by atoms with van der Waals surface area (Å²) in [5.74, 6) is -0.258. The fourth-order valence-corrected chi connectivity index (χ4v) is 4.55. The van der Waals surface area contributed by atoms with Crippen LogP contribution in [-0.2, 0) is 6.42 Å². The van der Waals surface area contributed by atoms with Crippen LogP contribution in [0.4, 0.5) is 0 Å². The summed E-state index contributed by atoms with van der Waals surface area (Å²) >= 11 is 1.63. The fraction of sp³-hybridized carbons (Fsp3) is 0.389. The Morgan fingerprint density at radius 3 is 2.92 bits per heavy atom. The number of hydrogen-bond acceptors (Lipinski definition) is 4. The molecule has 2 aromatic rings. The van der Waals surface area contributed by atoms with Gasteiger partial charge in [-0.25, -0.2) is 0 Å². The molecule has 1 fully saturated rings. The number of carbonyl (C=O) groups excluding carboxylic acids is 2. The van der Waals surface area contributed by atoms with Gasteiger partial charge in [0, 0.05) is 29.1 Å². The first kappa shape index (κ1) is 15.3. The van der Waals surface area contributed by atoms with E-state index in [4.69, 9.17) is 0 Å². The van der Waals surface area contributed by atoms with Crippen LogP contribution in [0.15, 0.2) is 28.4 Å². The molecule has 1 atom stereocenters. The molecule has 0 spiro atoms. The van der Waals surface area contributed by atoms with Gasteiger partial charge in [0.15, 0.2) is 5.78 Å². The summed E-state index contributed by atoms with van der Waals surface area (Å²) < 4.78 is 0. The number of thiophene rings is 1. The minimum Gasteiger partial charge on any atom is -0.331 e. The predicted octanol–water partition coefficient (Wildman–Crippen LogP) is 2.93. The Hall–Kier alpha value is -2.21. The van der Waals surface area contributed by atoms with Crippen molar-refractivity contribution in [2.45, 2.75) is 38.1 Å². The number of H-pyrrole nitrogens is 1. The maximum atomic E-state index is 13.0. The van der Waals surface area contributed by atoms with E-state index >= 15 is 0 Å². The summed E-state index contributed by atoms with van der Waals surface area (Å²) in [5.41, 5.74) is 0.887. The second kappa shape index (κ2) is 6.02. The van der Waals surface area contributed by atoms with Gasteiger partial charge in [0.2, 0.25) is 0 Å². The number of ketones is 1. The highest BCUT2D eigenvalue weighted by atomic mass is 32.1. The minimum atomic E-state index is -0.384. The zero-order valence-electron chi connectivity index (χ0n) is 13.2. The highest BCUT2D eigenvalue weighted by Gasteiger charge is 2.33. The van der Waals surface area contributed by atoms with Crippen LogP contribution < -0.4 is 5.56 Å². The van der Waals surface area contributed by atoms with E-state index in [1.54, 1.807) is 16.2 Å². The number of aryl methyl sites for hydroxylation is 1. The van der Waals surface area contributed by atoms with Gasteiger partial charge in [0.25, 0.3) is 11.5 Å². The van der Waals surface area contributed by atoms with Crippen LogP contribution in [-0.4, -0.2) is 28.1 Å². The third-order valence-electron chi connectivity index (χ3n) is 4.87. The van der Waals surface area contributed by atoms with Gasteiger partial charge in [-0.2, -0.15) is 0 Å². The number of aromatic amines is 1. The lowest BCUT2D eigenvalue weighted by molar-refractivity contribution is 0.0736. The van der Waals surface area contributed by atoms with Crippen molar-refractivity contribution in [2.24, 2.45) is 0 Å². The molecule has 3 heterocycles. The van der Waals surface area contributed by atoms with Gasteiger partial charge >= 0.3 is 0 Å². The topological polar surface area (TPSA) is 70.2 Å². The molecule has 5 nitrogen and oxygen atoms in total. The first-order valence-electron chi connectivity index (χ1n) is 8.29. The van der Waals surface area contributed by atoms with Crippen LogP contribution in [0.5, 0.6) is 0 Å². The molecule has 0 aromatic carbocycles. The Kier molecular flexibility index (Phi) is 3.84. The van der Waals surface area contributed by atoms with Gasteiger partial charge < -0.3 is 9.88 Å². The van der Waals surface area contributed by atoms with Gasteiger partial charge in [0.05, 0.1) is 6.04 Å². The fourth-order valence-electron chi connectivity index (χ4n) is 3.68. The highest BCUT2D eigenvalue weighted by molar-refractivity contribution is 7.10. The van der Waals surface area contributed by atoms with Gasteiger partial charge in [-0.05, 0) is 43.2 Å². The summed E-state index contributed by atoms with van der Waals surface area (Å²) in [4.78, 5) is 43.1. The lowest BCUT2D eigenvalue weighted by atomic mass is 9.93. The summed E-state index contributed by atoms with van der Waals surface area (Å²) in [6.45, 7) is 0.645. The van der Waals surface area contributed by atoms with Crippen molar-refractivity contribution in [3.63, 3.8) is 0 Å². The van der Waals surface area contributed by atoms with Crippen molar-refractivity contribution in [3.05, 3.63) is 55.6 Å². The molecular weight excluding hydrogens is 324 g/mol. The molecule has 6 heteroatoms. The minimum absolute atomic E-state index is 0.0118. The van der Waals surface area contributed by atoms with Crippen LogP contribution >= 0.6 is 11.3 Å². The lowest BCUT2D eigenvalue weighted by Gasteiger charge is -2.24. The van der Waals surface area contributed by atoms with E-state index in [0.29, 0.717) is 30.6 Å². The van der Waals surface area contributed by atoms with Crippen LogP contribution in [0.25, 0.3) is 0 Å². The number of likely N-dealkylation sites (tertiary alicyclic amines) is 1. The predicted molar refractivity (Wildman–Crippen MR) is 91.7 cm³/mol. The van der Waals surface area contributed by atoms with E-state index < -0.39 is 0 Å². The maximum Gasteiger partial charge on any atom is 0.261 e. The third-order valence-corrected chi connectivity index (χ3v) is 5.84. The molecule has 2 aromatic heterocycles. The zero-order valence-corrected chi connectivity index (χ0v) is 14.0. The summed E-state index contributed by atoms with van der Waals surface area (Å²) in [5, 5.41) is 2.00. The number of nitrogens with zero attached hydrogens (tertiary/aromatic N) is 1. The third kappa shape index (κ3) is 2.51. The van der Waals surface area contributed by atoms with Gasteiger partial charge in [-0.1, -0.05) is 6.07 Å². The molecular formula is C18H18N2O3S. The standard InChI is InChI=1S/C18H18N2O3S/c21-15-6-1-4-13-11(15)10-12(17(22)19-13)18(23)20-8-2-5-14(20)16-7-3-9-24-16/h3,7,9-10,14H,1-2,4-6,8H2,(H,19,22)/t14-/m1/s1. The molecule has 0 radical (unpaired) electrons. The van der Waals surface area contributed by atoms with Crippen LogP contribution in [0.3, 0.4) is 0 Å². The SMILES string of the molecule is O=C1CCCc2[nH]c(=O)c(C(=O)N3CCC[C@@H]3c3cccs3)cc21. The van der Waals surface area contributed by atoms with E-state index in [0.717, 1.165) is 24.1 Å². The van der Waals surface area contributed by atoms with Crippen LogP contribution in [0.2, 0.25) is 0 Å². The van der Waals surface area contributed by atoms with Gasteiger partial charge in [0.1, 0.15) is 5.56 Å². The summed E-state index contributed by atoms with van der Waals surface area (Å²) in [6.07, 6.45) is 3.76. The molecule has 4 rings (SSSR count). The molecule has 24 heavy (non-hydrogen) atoms. The molecule has 1 amide bonds. The molecule has 2 aliphatic rings. The number of carbonyl (C=O) groups is 2. The largest absolute Gasteiger partial charge is 0.331 e. The average molecular weight is 342 g/mol. The highest BCUT2D eigenvalue weighted by Crippen LogP contribution is 2.35. The van der Waals surface area contributed by atoms with Gasteiger partial charge in [-0.3, -0.25) is 14.4 Å². The van der Waals surface area contributed by atoms with E-state index in [9.17, 15) is 14.4 Å². The number of Topliss-reactive ketones (excluding diaryl/α,β-unsaturated/α-hetero) is 1. The average Bonchev–Trinajstić information content (AvgIpc) is 3.25. The van der Waals surface area contributed by atoms with Crippen molar-refractivity contribution < 1.29 is 9.59 Å². The molecule has 1 saturated heterocycles. The number of pyridine rings is 1. The molecule has 0 bridgehead atoms. The monoisotopic (exact) mass is 342 g/mol. The first-order valence-corrected chi connectivity index (χ1v) is 9.17. The van der Waals surface area contributed by atoms with Crippen molar-refractivity contribution in [3.8, 4) is 0 Å². The van der Waals surface area contributed by atoms with Crippen molar-refractivity contribution in [1.82, 2.24) is 9.88 Å². The molecule has 1 N–H and O–H groups in total. The van der Waals surface area contributed by atoms with Crippen LogP contribution in [0, 0.1) is 0 Å². The Bertz CT molecular complexity index is 854. The Balaban J connectivity index is 1.71. The lowest BCUT2D eigenvalue weighted by Crippen LogP contribution is -2.35. The number of aromatic nitrogens is 1. The normalized spacial score (nSPS) is 20.2. The van der Waals surface area contributed by atoms with Crippen molar-refractivity contribution >= 4 is 23.0 Å². The number of amides is 1. The molecule has 0 saturated carbocycles. The maximum absolute atomic E-state index is 13.0. The Morgan fingerprint density at radius 2 is 2.12 bits per heavy atom. The molecule has 0 unspecified atom stereocenters. The van der Waals surface area contributed by atoms with E-state index in [-0.39, 0.29) is 28.9 Å². The second-order valence-electron chi connectivity index (χ2n) is 6.35. The van der Waals surface area contributed by atoms with E-state index in [1.165, 1.54) is 6.07 Å². The van der Waals surface area contributed by atoms with E-state index in [1.807, 2.05) is 17.5 Å². The van der Waals surface area contributed by atoms with Crippen LogP contribution in [0.1, 0.15) is 63.0 Å². The number of hydrogen-bond donors (Lipinski definition) is 1.